The van der Waals surface area contributed by atoms with Crippen molar-refractivity contribution in [3.8, 4) is 11.1 Å². The number of carboxylic acid groups (broad SMARTS) is 1. The zero-order valence-corrected chi connectivity index (χ0v) is 23.9. The minimum Gasteiger partial charge on any atom is -0.481 e. The number of alkyl carbamates (subject to hydrolysis) is 1. The van der Waals surface area contributed by atoms with E-state index in [0.29, 0.717) is 45.8 Å². The summed E-state index contributed by atoms with van der Waals surface area (Å²) in [5.74, 6) is -1.07. The molecule has 1 saturated heterocycles. The number of carbonyl (C=O) groups excluding carboxylic acids is 2. The van der Waals surface area contributed by atoms with Crippen molar-refractivity contribution in [3.05, 3.63) is 95.6 Å². The van der Waals surface area contributed by atoms with Gasteiger partial charge in [-0.05, 0) is 34.9 Å². The number of hydrogen-bond acceptors (Lipinski definition) is 6. The Hall–Kier alpha value is -4.21. The standard InChI is InChI=1S/C33H38N4O5/c1-35(21-24-9-3-2-4-10-24)22-30(32(40)37-19-17-36(18-20-37)16-15-31(38)39)34-33(41)42-23-29-27-13-7-5-11-25(27)26-12-6-8-14-28(26)29/h2-14,29-30H,15-23H2,1H3,(H,34,41)(H,38,39). The summed E-state index contributed by atoms with van der Waals surface area (Å²) in [5.41, 5.74) is 5.67. The molecule has 1 unspecified atom stereocenters. The summed E-state index contributed by atoms with van der Waals surface area (Å²) in [5, 5.41) is 11.9. The zero-order chi connectivity index (χ0) is 29.5. The van der Waals surface area contributed by atoms with Gasteiger partial charge < -0.3 is 20.1 Å². The molecule has 9 heteroatoms. The zero-order valence-electron chi connectivity index (χ0n) is 23.9. The molecule has 42 heavy (non-hydrogen) atoms. The number of nitrogens with one attached hydrogen (secondary N) is 1. The van der Waals surface area contributed by atoms with E-state index < -0.39 is 18.1 Å². The van der Waals surface area contributed by atoms with Crippen LogP contribution in [-0.4, -0.2) is 96.7 Å². The van der Waals surface area contributed by atoms with Crippen LogP contribution in [0.3, 0.4) is 0 Å². The molecule has 0 radical (unpaired) electrons. The van der Waals surface area contributed by atoms with Gasteiger partial charge in [0.2, 0.25) is 5.91 Å². The van der Waals surface area contributed by atoms with Crippen molar-refractivity contribution in [2.45, 2.75) is 24.9 Å². The first-order valence-electron chi connectivity index (χ1n) is 14.5. The summed E-state index contributed by atoms with van der Waals surface area (Å²) < 4.78 is 5.78. The molecule has 0 aromatic heterocycles. The van der Waals surface area contributed by atoms with Gasteiger partial charge in [0.15, 0.2) is 0 Å². The molecule has 0 saturated carbocycles. The molecule has 0 spiro atoms. The first-order valence-corrected chi connectivity index (χ1v) is 14.5. The van der Waals surface area contributed by atoms with E-state index in [4.69, 9.17) is 9.84 Å². The van der Waals surface area contributed by atoms with E-state index in [2.05, 4.69) is 29.6 Å². The van der Waals surface area contributed by atoms with E-state index >= 15 is 0 Å². The molecule has 220 valence electrons. The maximum absolute atomic E-state index is 13.7. The van der Waals surface area contributed by atoms with Crippen molar-refractivity contribution in [2.75, 3.05) is 52.9 Å². The Morgan fingerprint density at radius 2 is 1.50 bits per heavy atom. The van der Waals surface area contributed by atoms with Gasteiger partial charge in [0, 0.05) is 51.7 Å². The summed E-state index contributed by atoms with van der Waals surface area (Å²) in [4.78, 5) is 43.6. The van der Waals surface area contributed by atoms with Crippen molar-refractivity contribution in [2.24, 2.45) is 0 Å². The van der Waals surface area contributed by atoms with Gasteiger partial charge in [-0.25, -0.2) is 4.79 Å². The number of likely N-dealkylation sites (N-methyl/N-ethyl adjacent to an activating group) is 1. The highest BCUT2D eigenvalue weighted by Crippen LogP contribution is 2.44. The summed E-state index contributed by atoms with van der Waals surface area (Å²) in [7, 11) is 1.93. The lowest BCUT2D eigenvalue weighted by molar-refractivity contribution is -0.139. The van der Waals surface area contributed by atoms with Gasteiger partial charge in [-0.3, -0.25) is 19.4 Å². The van der Waals surface area contributed by atoms with Gasteiger partial charge in [-0.2, -0.15) is 0 Å². The molecule has 5 rings (SSSR count). The molecule has 1 heterocycles. The van der Waals surface area contributed by atoms with Crippen LogP contribution in [0.4, 0.5) is 4.79 Å². The number of piperazine rings is 1. The largest absolute Gasteiger partial charge is 0.481 e. The molecule has 9 nitrogen and oxygen atoms in total. The van der Waals surface area contributed by atoms with Crippen LogP contribution in [0, 0.1) is 0 Å². The lowest BCUT2D eigenvalue weighted by Gasteiger charge is -2.37. The molecule has 2 N–H and O–H groups in total. The summed E-state index contributed by atoms with van der Waals surface area (Å²) in [6, 6.07) is 25.5. The van der Waals surface area contributed by atoms with Crippen LogP contribution in [0.2, 0.25) is 0 Å². The van der Waals surface area contributed by atoms with E-state index in [1.807, 2.05) is 71.4 Å². The number of amides is 2. The maximum atomic E-state index is 13.7. The molecule has 1 aliphatic heterocycles. The molecule has 0 bridgehead atoms. The topological polar surface area (TPSA) is 102 Å². The Kier molecular flexibility index (Phi) is 9.51. The van der Waals surface area contributed by atoms with Crippen LogP contribution in [-0.2, 0) is 20.9 Å². The molecular formula is C33H38N4O5. The number of benzene rings is 3. The van der Waals surface area contributed by atoms with Gasteiger partial charge in [-0.1, -0.05) is 78.9 Å². The lowest BCUT2D eigenvalue weighted by Crippen LogP contribution is -2.57. The third-order valence-electron chi connectivity index (χ3n) is 8.05. The van der Waals surface area contributed by atoms with Crippen LogP contribution < -0.4 is 5.32 Å². The minimum absolute atomic E-state index is 0.0723. The van der Waals surface area contributed by atoms with Crippen molar-refractivity contribution in [1.29, 1.82) is 0 Å². The molecule has 2 amide bonds. The predicted octanol–water partition coefficient (Wildman–Crippen LogP) is 3.64. The van der Waals surface area contributed by atoms with Crippen LogP contribution >= 0.6 is 0 Å². The highest BCUT2D eigenvalue weighted by Gasteiger charge is 2.32. The van der Waals surface area contributed by atoms with Crippen LogP contribution in [0.5, 0.6) is 0 Å². The average Bonchev–Trinajstić information content (AvgIpc) is 3.32. The molecule has 1 aliphatic carbocycles. The predicted molar refractivity (Wildman–Crippen MR) is 160 cm³/mol. The Morgan fingerprint density at radius 1 is 0.905 bits per heavy atom. The number of hydrogen-bond donors (Lipinski definition) is 2. The SMILES string of the molecule is CN(Cc1ccccc1)CC(NC(=O)OCC1c2ccccc2-c2ccccc21)C(=O)N1CCN(CCC(=O)O)CC1. The number of aliphatic carboxylic acids is 1. The normalized spacial score (nSPS) is 15.6. The fraction of sp³-hybridized carbons (Fsp3) is 0.364. The van der Waals surface area contributed by atoms with Gasteiger partial charge >= 0.3 is 12.1 Å². The van der Waals surface area contributed by atoms with Crippen LogP contribution in [0.15, 0.2) is 78.9 Å². The highest BCUT2D eigenvalue weighted by molar-refractivity contribution is 5.86. The fourth-order valence-electron chi connectivity index (χ4n) is 5.91. The number of nitrogens with zero attached hydrogens (tertiary/aromatic N) is 3. The van der Waals surface area contributed by atoms with Gasteiger partial charge in [-0.15, -0.1) is 0 Å². The number of fused-ring (bicyclic) bond motifs is 3. The molecule has 1 fully saturated rings. The number of ether oxygens (including phenoxy) is 1. The maximum Gasteiger partial charge on any atom is 0.407 e. The van der Waals surface area contributed by atoms with Crippen LogP contribution in [0.25, 0.3) is 11.1 Å². The minimum atomic E-state index is -0.831. The average molecular weight is 571 g/mol. The Balaban J connectivity index is 1.23. The summed E-state index contributed by atoms with van der Waals surface area (Å²) in [6.07, 6.45) is -0.548. The van der Waals surface area contributed by atoms with Crippen molar-refractivity contribution in [1.82, 2.24) is 20.0 Å². The lowest BCUT2D eigenvalue weighted by atomic mass is 9.98. The highest BCUT2D eigenvalue weighted by atomic mass is 16.5. The van der Waals surface area contributed by atoms with Crippen molar-refractivity contribution < 1.29 is 24.2 Å². The molecule has 3 aromatic rings. The quantitative estimate of drug-likeness (QED) is 0.363. The van der Waals surface area contributed by atoms with Gasteiger partial charge in [0.25, 0.3) is 0 Å². The number of carboxylic acids is 1. The number of rotatable bonds is 11. The molecule has 1 atom stereocenters. The van der Waals surface area contributed by atoms with Crippen molar-refractivity contribution >= 4 is 18.0 Å². The summed E-state index contributed by atoms with van der Waals surface area (Å²) >= 11 is 0. The van der Waals surface area contributed by atoms with E-state index in [0.717, 1.165) is 27.8 Å². The monoisotopic (exact) mass is 570 g/mol. The number of carbonyl (C=O) groups is 3. The molecule has 2 aliphatic rings. The second kappa shape index (κ2) is 13.6. The van der Waals surface area contributed by atoms with E-state index in [-0.39, 0.29) is 24.9 Å². The van der Waals surface area contributed by atoms with Crippen LogP contribution in [0.1, 0.15) is 29.0 Å². The Labute approximate surface area is 246 Å². The van der Waals surface area contributed by atoms with E-state index in [1.54, 1.807) is 4.90 Å². The second-order valence-corrected chi connectivity index (χ2v) is 11.0. The summed E-state index contributed by atoms with van der Waals surface area (Å²) in [6.45, 7) is 3.71. The first kappa shape index (κ1) is 29.3. The van der Waals surface area contributed by atoms with Gasteiger partial charge in [0.1, 0.15) is 12.6 Å². The second-order valence-electron chi connectivity index (χ2n) is 11.0. The van der Waals surface area contributed by atoms with E-state index in [9.17, 15) is 14.4 Å². The third kappa shape index (κ3) is 7.16. The molecular weight excluding hydrogens is 532 g/mol. The van der Waals surface area contributed by atoms with Gasteiger partial charge in [0.05, 0.1) is 6.42 Å². The third-order valence-corrected chi connectivity index (χ3v) is 8.05. The fourth-order valence-corrected chi connectivity index (χ4v) is 5.91. The smallest absolute Gasteiger partial charge is 0.407 e. The Bertz CT molecular complexity index is 1340. The molecule has 3 aromatic carbocycles. The first-order chi connectivity index (χ1) is 20.4. The Morgan fingerprint density at radius 3 is 2.12 bits per heavy atom. The van der Waals surface area contributed by atoms with Crippen molar-refractivity contribution in [3.63, 3.8) is 0 Å². The van der Waals surface area contributed by atoms with E-state index in [1.165, 1.54) is 0 Å².